The van der Waals surface area contributed by atoms with E-state index in [9.17, 15) is 14.7 Å². The third-order valence-electron chi connectivity index (χ3n) is 7.17. The highest BCUT2D eigenvalue weighted by Gasteiger charge is 2.65. The first-order chi connectivity index (χ1) is 14.7. The van der Waals surface area contributed by atoms with E-state index in [2.05, 4.69) is 0 Å². The molecule has 2 aliphatic carbocycles. The molecule has 1 amide bonds. The number of aliphatic hydroxyl groups excluding tert-OH is 1. The molecular weight excluding hydrogens is 398 g/mol. The Balaban J connectivity index is 1.62. The van der Waals surface area contributed by atoms with Crippen LogP contribution in [0.5, 0.6) is 11.5 Å². The normalized spacial score (nSPS) is 32.2. The molecule has 31 heavy (non-hydrogen) atoms. The van der Waals surface area contributed by atoms with Crippen LogP contribution >= 0.6 is 0 Å². The summed E-state index contributed by atoms with van der Waals surface area (Å²) >= 11 is 0. The van der Waals surface area contributed by atoms with E-state index in [0.29, 0.717) is 37.5 Å². The summed E-state index contributed by atoms with van der Waals surface area (Å²) in [5.41, 5.74) is 1.01. The number of likely N-dealkylation sites (tertiary alicyclic amines) is 1. The van der Waals surface area contributed by atoms with E-state index < -0.39 is 23.0 Å². The van der Waals surface area contributed by atoms with Gasteiger partial charge in [0.05, 0.1) is 12.0 Å². The molecule has 2 aliphatic heterocycles. The number of nitrogens with zero attached hydrogens (tertiary/aromatic N) is 1. The molecule has 1 aromatic carbocycles. The first kappa shape index (κ1) is 20.4. The number of carbonyl (C=O) groups is 2. The molecule has 166 valence electrons. The molecule has 7 heteroatoms. The Morgan fingerprint density at radius 2 is 2.06 bits per heavy atom. The molecule has 0 unspecified atom stereocenters. The minimum Gasteiger partial charge on any atom is -0.482 e. The Morgan fingerprint density at radius 1 is 1.29 bits per heavy atom. The van der Waals surface area contributed by atoms with Crippen molar-refractivity contribution in [3.8, 4) is 11.5 Å². The van der Waals surface area contributed by atoms with Crippen LogP contribution in [0.3, 0.4) is 0 Å². The summed E-state index contributed by atoms with van der Waals surface area (Å²) in [6.45, 7) is 8.11. The van der Waals surface area contributed by atoms with E-state index in [0.717, 1.165) is 11.1 Å². The van der Waals surface area contributed by atoms with Crippen molar-refractivity contribution in [3.05, 3.63) is 35.4 Å². The molecule has 2 bridgehead atoms. The van der Waals surface area contributed by atoms with Gasteiger partial charge in [0.2, 0.25) is 0 Å². The number of benzene rings is 1. The SMILES string of the molecule is CCOC(=O)N1CC[C@]23c4c5ccc(OC(=O)C(C)(C)C)c4O[C@H]2[C@@H](O)C=C[C@H]3[C@H]1C5. The van der Waals surface area contributed by atoms with Crippen LogP contribution < -0.4 is 9.47 Å². The maximum absolute atomic E-state index is 12.7. The molecule has 5 rings (SSSR count). The molecule has 1 saturated heterocycles. The Hall–Kier alpha value is -2.54. The Labute approximate surface area is 182 Å². The number of ether oxygens (including phenoxy) is 3. The summed E-state index contributed by atoms with van der Waals surface area (Å²) in [4.78, 5) is 27.0. The Morgan fingerprint density at radius 3 is 2.77 bits per heavy atom. The van der Waals surface area contributed by atoms with E-state index in [-0.39, 0.29) is 24.0 Å². The van der Waals surface area contributed by atoms with Gasteiger partial charge >= 0.3 is 12.1 Å². The molecular formula is C24H29NO6. The molecule has 1 spiro atoms. The number of hydrogen-bond acceptors (Lipinski definition) is 6. The lowest BCUT2D eigenvalue weighted by molar-refractivity contribution is -0.143. The maximum Gasteiger partial charge on any atom is 0.410 e. The van der Waals surface area contributed by atoms with Gasteiger partial charge in [-0.25, -0.2) is 4.79 Å². The zero-order chi connectivity index (χ0) is 22.1. The summed E-state index contributed by atoms with van der Waals surface area (Å²) in [5, 5.41) is 10.8. The van der Waals surface area contributed by atoms with E-state index >= 15 is 0 Å². The quantitative estimate of drug-likeness (QED) is 0.444. The van der Waals surface area contributed by atoms with Crippen LogP contribution in [0.1, 0.15) is 45.2 Å². The highest BCUT2D eigenvalue weighted by Crippen LogP contribution is 2.62. The third-order valence-corrected chi connectivity index (χ3v) is 7.17. The molecule has 0 aromatic heterocycles. The molecule has 0 saturated carbocycles. The van der Waals surface area contributed by atoms with Gasteiger partial charge in [-0.05, 0) is 52.2 Å². The topological polar surface area (TPSA) is 85.3 Å². The zero-order valence-electron chi connectivity index (χ0n) is 18.4. The van der Waals surface area contributed by atoms with Crippen LogP contribution in [-0.2, 0) is 21.4 Å². The lowest BCUT2D eigenvalue weighted by atomic mass is 9.53. The fourth-order valence-corrected chi connectivity index (χ4v) is 5.81. The summed E-state index contributed by atoms with van der Waals surface area (Å²) in [6.07, 6.45) is 3.58. The second kappa shape index (κ2) is 6.73. The van der Waals surface area contributed by atoms with Crippen molar-refractivity contribution in [2.24, 2.45) is 11.3 Å². The monoisotopic (exact) mass is 427 g/mol. The second-order valence-corrected chi connectivity index (χ2v) is 9.96. The number of esters is 1. The Bertz CT molecular complexity index is 979. The molecule has 7 nitrogen and oxygen atoms in total. The van der Waals surface area contributed by atoms with Gasteiger partial charge in [-0.15, -0.1) is 0 Å². The minimum absolute atomic E-state index is 0.00127. The predicted octanol–water partition coefficient (Wildman–Crippen LogP) is 2.97. The number of amides is 1. The van der Waals surface area contributed by atoms with Gasteiger partial charge in [0.15, 0.2) is 11.5 Å². The fraction of sp³-hybridized carbons (Fsp3) is 0.583. The van der Waals surface area contributed by atoms with Crippen molar-refractivity contribution >= 4 is 12.1 Å². The molecule has 1 N–H and O–H groups in total. The number of carbonyl (C=O) groups excluding carboxylic acids is 2. The molecule has 1 fully saturated rings. The highest BCUT2D eigenvalue weighted by atomic mass is 16.6. The van der Waals surface area contributed by atoms with Crippen LogP contribution in [0.25, 0.3) is 0 Å². The van der Waals surface area contributed by atoms with Crippen molar-refractivity contribution in [2.75, 3.05) is 13.2 Å². The largest absolute Gasteiger partial charge is 0.482 e. The van der Waals surface area contributed by atoms with Crippen molar-refractivity contribution in [3.63, 3.8) is 0 Å². The minimum atomic E-state index is -0.768. The van der Waals surface area contributed by atoms with E-state index in [1.807, 2.05) is 44.7 Å². The van der Waals surface area contributed by atoms with Crippen LogP contribution in [0, 0.1) is 11.3 Å². The van der Waals surface area contributed by atoms with E-state index in [1.54, 1.807) is 12.1 Å². The van der Waals surface area contributed by atoms with Crippen LogP contribution in [-0.4, -0.2) is 53.5 Å². The van der Waals surface area contributed by atoms with Crippen molar-refractivity contribution < 1.29 is 28.9 Å². The standard InChI is InChI=1S/C24H29NO6/c1-5-29-22(28)25-11-10-24-14-7-8-16(26)20(24)31-19-17(30-21(27)23(2,3)4)9-6-13(18(19)24)12-15(14)25/h6-9,14-16,20,26H,5,10-12H2,1-4H3/t14-,15+,16-,20-,24-/m0/s1. The molecule has 1 aromatic rings. The smallest absolute Gasteiger partial charge is 0.410 e. The van der Waals surface area contributed by atoms with Crippen molar-refractivity contribution in [2.45, 2.75) is 64.2 Å². The fourth-order valence-electron chi connectivity index (χ4n) is 5.81. The third kappa shape index (κ3) is 2.75. The van der Waals surface area contributed by atoms with Crippen LogP contribution in [0.4, 0.5) is 4.79 Å². The van der Waals surface area contributed by atoms with Crippen molar-refractivity contribution in [1.82, 2.24) is 4.90 Å². The van der Waals surface area contributed by atoms with Gasteiger partial charge in [0.25, 0.3) is 0 Å². The van der Waals surface area contributed by atoms with Gasteiger partial charge in [-0.3, -0.25) is 4.79 Å². The maximum atomic E-state index is 12.7. The number of hydrogen-bond donors (Lipinski definition) is 1. The van der Waals surface area contributed by atoms with Crippen LogP contribution in [0.2, 0.25) is 0 Å². The average Bonchev–Trinajstić information content (AvgIpc) is 3.05. The predicted molar refractivity (Wildman–Crippen MR) is 112 cm³/mol. The summed E-state index contributed by atoms with van der Waals surface area (Å²) in [7, 11) is 0. The van der Waals surface area contributed by atoms with Gasteiger partial charge in [-0.2, -0.15) is 0 Å². The summed E-state index contributed by atoms with van der Waals surface area (Å²) in [6, 6.07) is 3.68. The summed E-state index contributed by atoms with van der Waals surface area (Å²) in [5.74, 6) is 0.637. The van der Waals surface area contributed by atoms with Gasteiger partial charge in [0, 0.05) is 29.5 Å². The van der Waals surface area contributed by atoms with Crippen LogP contribution in [0.15, 0.2) is 24.3 Å². The zero-order valence-corrected chi connectivity index (χ0v) is 18.4. The molecule has 0 radical (unpaired) electrons. The lowest BCUT2D eigenvalue weighted by Crippen LogP contribution is -2.66. The number of aliphatic hydroxyl groups is 1. The summed E-state index contributed by atoms with van der Waals surface area (Å²) < 4.78 is 17.4. The average molecular weight is 427 g/mol. The first-order valence-corrected chi connectivity index (χ1v) is 11.0. The number of piperidine rings is 1. The molecule has 2 heterocycles. The molecule has 4 aliphatic rings. The van der Waals surface area contributed by atoms with Gasteiger partial charge in [-0.1, -0.05) is 18.2 Å². The van der Waals surface area contributed by atoms with Crippen molar-refractivity contribution in [1.29, 1.82) is 0 Å². The van der Waals surface area contributed by atoms with Gasteiger partial charge in [0.1, 0.15) is 12.2 Å². The second-order valence-electron chi connectivity index (χ2n) is 9.96. The lowest BCUT2D eigenvalue weighted by Gasteiger charge is -2.56. The van der Waals surface area contributed by atoms with Gasteiger partial charge < -0.3 is 24.2 Å². The number of rotatable bonds is 2. The first-order valence-electron chi connectivity index (χ1n) is 11.0. The van der Waals surface area contributed by atoms with E-state index in [1.165, 1.54) is 0 Å². The highest BCUT2D eigenvalue weighted by molar-refractivity contribution is 5.79. The Kier molecular flexibility index (Phi) is 4.42. The van der Waals surface area contributed by atoms with E-state index in [4.69, 9.17) is 14.2 Å². The molecule has 5 atom stereocenters.